The fraction of sp³-hybridized carbons (Fsp3) is 0.0690. The first-order valence-corrected chi connectivity index (χ1v) is 11.0. The predicted octanol–water partition coefficient (Wildman–Crippen LogP) is 5.99. The molecule has 0 unspecified atom stereocenters. The largest absolute Gasteiger partial charge is 0.322 e. The van der Waals surface area contributed by atoms with Gasteiger partial charge in [-0.05, 0) is 66.6 Å². The Balaban J connectivity index is 1.47. The number of para-hydroxylation sites is 1. The Morgan fingerprint density at radius 3 is 2.47 bits per heavy atom. The van der Waals surface area contributed by atoms with Crippen molar-refractivity contribution >= 4 is 29.3 Å². The Kier molecular flexibility index (Phi) is 6.94. The van der Waals surface area contributed by atoms with E-state index in [1.54, 1.807) is 36.4 Å². The molecule has 1 N–H and O–H groups in total. The zero-order valence-corrected chi connectivity index (χ0v) is 19.1. The van der Waals surface area contributed by atoms with Crippen LogP contribution >= 0.6 is 0 Å². The van der Waals surface area contributed by atoms with Crippen LogP contribution < -0.4 is 10.2 Å². The van der Waals surface area contributed by atoms with Gasteiger partial charge < -0.3 is 10.2 Å². The normalized spacial score (nSPS) is 10.8. The lowest BCUT2D eigenvalue weighted by molar-refractivity contribution is -0.111. The zero-order valence-electron chi connectivity index (χ0n) is 19.1. The number of carbonyl (C=O) groups is 2. The highest BCUT2D eigenvalue weighted by atomic mass is 16.2. The lowest BCUT2D eigenvalue weighted by Gasteiger charge is -2.18. The van der Waals surface area contributed by atoms with Crippen LogP contribution in [-0.2, 0) is 4.79 Å². The molecule has 1 heterocycles. The first-order valence-electron chi connectivity index (χ1n) is 11.0. The van der Waals surface area contributed by atoms with E-state index in [0.29, 0.717) is 11.3 Å². The van der Waals surface area contributed by atoms with Gasteiger partial charge in [-0.15, -0.1) is 0 Å². The molecule has 0 spiro atoms. The van der Waals surface area contributed by atoms with Gasteiger partial charge in [-0.25, -0.2) is 0 Å². The summed E-state index contributed by atoms with van der Waals surface area (Å²) in [6.45, 7) is 1.99. The van der Waals surface area contributed by atoms with Crippen LogP contribution in [0.3, 0.4) is 0 Å². The van der Waals surface area contributed by atoms with Gasteiger partial charge >= 0.3 is 0 Å². The number of rotatable bonds is 6. The summed E-state index contributed by atoms with van der Waals surface area (Å²) in [7, 11) is 1.76. The van der Waals surface area contributed by atoms with E-state index in [0.717, 1.165) is 28.1 Å². The first-order chi connectivity index (χ1) is 16.5. The number of hydrogen-bond acceptors (Lipinski definition) is 3. The second kappa shape index (κ2) is 10.4. The molecule has 0 atom stereocenters. The standard InChI is InChI=1S/C29H25N3O2/c1-21-9-7-12-24(19-21)32(2)29(34)23-11-8-10-22(20-23)16-17-28(33)31-27-15-4-3-13-25(27)26-14-5-6-18-30-26/h3-20H,1-2H3,(H,31,33)/b17-16+. The van der Waals surface area contributed by atoms with Gasteiger partial charge in [0.1, 0.15) is 0 Å². The molecular weight excluding hydrogens is 422 g/mol. The molecule has 0 aliphatic carbocycles. The third kappa shape index (κ3) is 5.45. The molecule has 34 heavy (non-hydrogen) atoms. The summed E-state index contributed by atoms with van der Waals surface area (Å²) < 4.78 is 0. The molecule has 1 aromatic heterocycles. The Morgan fingerprint density at radius 1 is 0.882 bits per heavy atom. The number of pyridine rings is 1. The smallest absolute Gasteiger partial charge is 0.258 e. The van der Waals surface area contributed by atoms with E-state index < -0.39 is 0 Å². The van der Waals surface area contributed by atoms with Crippen LogP contribution in [0.1, 0.15) is 21.5 Å². The molecule has 2 amide bonds. The van der Waals surface area contributed by atoms with Crippen molar-refractivity contribution in [3.63, 3.8) is 0 Å². The van der Waals surface area contributed by atoms with E-state index in [2.05, 4.69) is 10.3 Å². The number of carbonyl (C=O) groups excluding carboxylic acids is 2. The first kappa shape index (κ1) is 22.7. The molecular formula is C29H25N3O2. The number of anilines is 2. The number of hydrogen-bond donors (Lipinski definition) is 1. The highest BCUT2D eigenvalue weighted by Gasteiger charge is 2.14. The van der Waals surface area contributed by atoms with Crippen molar-refractivity contribution in [2.24, 2.45) is 0 Å². The second-order valence-electron chi connectivity index (χ2n) is 7.91. The molecule has 5 nitrogen and oxygen atoms in total. The third-order valence-corrected chi connectivity index (χ3v) is 5.38. The highest BCUT2D eigenvalue weighted by Crippen LogP contribution is 2.26. The van der Waals surface area contributed by atoms with Gasteiger partial charge in [0.2, 0.25) is 5.91 Å². The van der Waals surface area contributed by atoms with Crippen molar-refractivity contribution in [1.29, 1.82) is 0 Å². The van der Waals surface area contributed by atoms with Gasteiger partial charge in [-0.1, -0.05) is 48.5 Å². The van der Waals surface area contributed by atoms with Crippen molar-refractivity contribution in [2.45, 2.75) is 6.92 Å². The van der Waals surface area contributed by atoms with Gasteiger partial charge in [0.15, 0.2) is 0 Å². The van der Waals surface area contributed by atoms with E-state index in [-0.39, 0.29) is 11.8 Å². The van der Waals surface area contributed by atoms with E-state index in [9.17, 15) is 9.59 Å². The Hall–Kier alpha value is -4.51. The molecule has 0 aliphatic rings. The maximum atomic E-state index is 13.0. The minimum Gasteiger partial charge on any atom is -0.322 e. The minimum atomic E-state index is -0.267. The predicted molar refractivity (Wildman–Crippen MR) is 138 cm³/mol. The average Bonchev–Trinajstić information content (AvgIpc) is 2.87. The quantitative estimate of drug-likeness (QED) is 0.370. The molecule has 3 aromatic carbocycles. The van der Waals surface area contributed by atoms with Crippen LogP contribution in [0.4, 0.5) is 11.4 Å². The average molecular weight is 448 g/mol. The molecule has 4 aromatic rings. The van der Waals surface area contributed by atoms with Crippen molar-refractivity contribution in [2.75, 3.05) is 17.3 Å². The fourth-order valence-electron chi connectivity index (χ4n) is 3.61. The summed E-state index contributed by atoms with van der Waals surface area (Å²) in [6, 6.07) is 28.2. The minimum absolute atomic E-state index is 0.116. The van der Waals surface area contributed by atoms with E-state index >= 15 is 0 Å². The maximum absolute atomic E-state index is 13.0. The van der Waals surface area contributed by atoms with Gasteiger partial charge in [0, 0.05) is 36.1 Å². The Bertz CT molecular complexity index is 1350. The van der Waals surface area contributed by atoms with Gasteiger partial charge in [-0.2, -0.15) is 0 Å². The van der Waals surface area contributed by atoms with E-state index in [1.807, 2.05) is 85.8 Å². The summed E-state index contributed by atoms with van der Waals surface area (Å²) in [5, 5.41) is 2.92. The van der Waals surface area contributed by atoms with Crippen LogP contribution in [-0.4, -0.2) is 23.8 Å². The van der Waals surface area contributed by atoms with Crippen molar-refractivity contribution in [3.05, 3.63) is 120 Å². The van der Waals surface area contributed by atoms with Crippen LogP contribution in [0.5, 0.6) is 0 Å². The number of nitrogens with zero attached hydrogens (tertiary/aromatic N) is 2. The molecule has 0 radical (unpaired) electrons. The molecule has 0 saturated heterocycles. The number of aryl methyl sites for hydroxylation is 1. The molecule has 0 bridgehead atoms. The second-order valence-corrected chi connectivity index (χ2v) is 7.91. The topological polar surface area (TPSA) is 62.3 Å². The van der Waals surface area contributed by atoms with Gasteiger partial charge in [0.25, 0.3) is 5.91 Å². The van der Waals surface area contributed by atoms with Crippen LogP contribution in [0.15, 0.2) is 103 Å². The lowest BCUT2D eigenvalue weighted by Crippen LogP contribution is -2.26. The molecule has 0 saturated carbocycles. The van der Waals surface area contributed by atoms with Crippen molar-refractivity contribution < 1.29 is 9.59 Å². The molecule has 5 heteroatoms. The van der Waals surface area contributed by atoms with Crippen LogP contribution in [0.2, 0.25) is 0 Å². The molecule has 0 fully saturated rings. The molecule has 168 valence electrons. The SMILES string of the molecule is Cc1cccc(N(C)C(=O)c2cccc(/C=C/C(=O)Nc3ccccc3-c3ccccn3)c2)c1. The number of nitrogens with one attached hydrogen (secondary N) is 1. The lowest BCUT2D eigenvalue weighted by atomic mass is 10.1. The molecule has 4 rings (SSSR count). The summed E-state index contributed by atoms with van der Waals surface area (Å²) in [4.78, 5) is 31.6. The number of amides is 2. The number of benzene rings is 3. The van der Waals surface area contributed by atoms with Crippen LogP contribution in [0.25, 0.3) is 17.3 Å². The van der Waals surface area contributed by atoms with E-state index in [4.69, 9.17) is 0 Å². The Morgan fingerprint density at radius 2 is 1.68 bits per heavy atom. The maximum Gasteiger partial charge on any atom is 0.258 e. The number of aromatic nitrogens is 1. The van der Waals surface area contributed by atoms with E-state index in [1.165, 1.54) is 6.08 Å². The van der Waals surface area contributed by atoms with Crippen molar-refractivity contribution in [1.82, 2.24) is 4.98 Å². The summed E-state index contributed by atoms with van der Waals surface area (Å²) in [5.74, 6) is -0.383. The van der Waals surface area contributed by atoms with Crippen molar-refractivity contribution in [3.8, 4) is 11.3 Å². The monoisotopic (exact) mass is 447 g/mol. The summed E-state index contributed by atoms with van der Waals surface area (Å²) in [6.07, 6.45) is 4.88. The van der Waals surface area contributed by atoms with Gasteiger partial charge in [-0.3, -0.25) is 14.6 Å². The van der Waals surface area contributed by atoms with Gasteiger partial charge in [0.05, 0.1) is 11.4 Å². The molecule has 0 aliphatic heterocycles. The van der Waals surface area contributed by atoms with Crippen LogP contribution in [0, 0.1) is 6.92 Å². The zero-order chi connectivity index (χ0) is 23.9. The fourth-order valence-corrected chi connectivity index (χ4v) is 3.61. The Labute approximate surface area is 199 Å². The summed E-state index contributed by atoms with van der Waals surface area (Å²) >= 11 is 0. The summed E-state index contributed by atoms with van der Waals surface area (Å²) in [5.41, 5.74) is 5.53. The highest BCUT2D eigenvalue weighted by molar-refractivity contribution is 6.07. The third-order valence-electron chi connectivity index (χ3n) is 5.38.